The zero-order valence-electron chi connectivity index (χ0n) is 7.16. The summed E-state index contributed by atoms with van der Waals surface area (Å²) in [6.45, 7) is 3.43. The number of allylic oxidation sites excluding steroid dienone is 1. The average molecular weight is 171 g/mol. The first-order chi connectivity index (χ1) is 5.57. The third-order valence-electron chi connectivity index (χ3n) is 1.30. The van der Waals surface area contributed by atoms with Crippen molar-refractivity contribution in [3.63, 3.8) is 0 Å². The number of nitrogens with zero attached hydrogens (tertiary/aromatic N) is 1. The summed E-state index contributed by atoms with van der Waals surface area (Å²) in [7, 11) is 0. The molecule has 12 heavy (non-hydrogen) atoms. The van der Waals surface area contributed by atoms with Gasteiger partial charge in [0.25, 0.3) is 0 Å². The first kappa shape index (κ1) is 10.6. The molecule has 0 aliphatic carbocycles. The minimum absolute atomic E-state index is 0.0464. The second kappa shape index (κ2) is 5.31. The molecule has 0 aromatic heterocycles. The summed E-state index contributed by atoms with van der Waals surface area (Å²) < 4.78 is 0. The van der Waals surface area contributed by atoms with Crippen LogP contribution in [0.5, 0.6) is 0 Å². The van der Waals surface area contributed by atoms with E-state index in [0.717, 1.165) is 5.57 Å². The summed E-state index contributed by atoms with van der Waals surface area (Å²) >= 11 is 0. The van der Waals surface area contributed by atoms with Gasteiger partial charge in [-0.05, 0) is 19.4 Å². The molecular formula is C7H13N3O2. The van der Waals surface area contributed by atoms with E-state index in [0.29, 0.717) is 5.71 Å². The third kappa shape index (κ3) is 4.45. The number of primary amides is 1. The van der Waals surface area contributed by atoms with E-state index in [2.05, 4.69) is 10.5 Å². The molecule has 0 spiro atoms. The van der Waals surface area contributed by atoms with Gasteiger partial charge in [-0.1, -0.05) is 6.08 Å². The fraction of sp³-hybridized carbons (Fsp3) is 0.429. The molecule has 0 atom stereocenters. The Labute approximate surface area is 71.0 Å². The highest BCUT2D eigenvalue weighted by atomic mass is 16.2. The Kier molecular flexibility index (Phi) is 4.71. The summed E-state index contributed by atoms with van der Waals surface area (Å²) in [6.07, 6.45) is 1.58. The first-order valence-electron chi connectivity index (χ1n) is 3.45. The van der Waals surface area contributed by atoms with Crippen molar-refractivity contribution in [3.05, 3.63) is 11.6 Å². The zero-order valence-corrected chi connectivity index (χ0v) is 7.16. The summed E-state index contributed by atoms with van der Waals surface area (Å²) in [5, 5.41) is 12.2. The molecule has 0 fully saturated rings. The van der Waals surface area contributed by atoms with E-state index in [1.165, 1.54) is 0 Å². The second-order valence-corrected chi connectivity index (χ2v) is 2.24. The van der Waals surface area contributed by atoms with Gasteiger partial charge in [-0.15, -0.1) is 0 Å². The molecule has 0 aromatic carbocycles. The van der Waals surface area contributed by atoms with E-state index >= 15 is 0 Å². The lowest BCUT2D eigenvalue weighted by Gasteiger charge is -1.99. The van der Waals surface area contributed by atoms with Gasteiger partial charge in [0.1, 0.15) is 0 Å². The monoisotopic (exact) mass is 171 g/mol. The number of nitrogens with one attached hydrogen (secondary N) is 1. The molecule has 4 N–H and O–H groups in total. The molecule has 2 amide bonds. The summed E-state index contributed by atoms with van der Waals surface area (Å²) in [5.74, 6) is 0. The molecule has 0 aliphatic rings. The van der Waals surface area contributed by atoms with Crippen molar-refractivity contribution in [2.24, 2.45) is 10.8 Å². The number of hydrogen-bond donors (Lipinski definition) is 3. The number of carbonyl (C=O) groups excluding carboxylic acids is 1. The van der Waals surface area contributed by atoms with Crippen molar-refractivity contribution in [1.29, 1.82) is 0 Å². The highest BCUT2D eigenvalue weighted by molar-refractivity contribution is 5.98. The summed E-state index contributed by atoms with van der Waals surface area (Å²) in [5.41, 5.74) is 8.29. The van der Waals surface area contributed by atoms with Crippen LogP contribution in [-0.4, -0.2) is 23.5 Å². The molecule has 0 saturated heterocycles. The van der Waals surface area contributed by atoms with Gasteiger partial charge >= 0.3 is 6.03 Å². The van der Waals surface area contributed by atoms with Crippen molar-refractivity contribution in [2.45, 2.75) is 13.8 Å². The maximum Gasteiger partial charge on any atom is 0.332 e. The molecule has 0 radical (unpaired) electrons. The number of hydrogen-bond acceptors (Lipinski definition) is 3. The van der Waals surface area contributed by atoms with Crippen LogP contribution in [0.3, 0.4) is 0 Å². The number of amides is 2. The van der Waals surface area contributed by atoms with Crippen LogP contribution >= 0.6 is 0 Å². The van der Waals surface area contributed by atoms with Crippen molar-refractivity contribution in [3.8, 4) is 0 Å². The Morgan fingerprint density at radius 3 is 2.67 bits per heavy atom. The van der Waals surface area contributed by atoms with Crippen LogP contribution in [0.4, 0.5) is 4.79 Å². The minimum atomic E-state index is -0.703. The van der Waals surface area contributed by atoms with E-state index in [9.17, 15) is 4.79 Å². The molecular weight excluding hydrogens is 158 g/mol. The Morgan fingerprint density at radius 2 is 2.25 bits per heavy atom. The topological polar surface area (TPSA) is 87.7 Å². The molecule has 0 aliphatic heterocycles. The van der Waals surface area contributed by atoms with Crippen molar-refractivity contribution in [2.75, 3.05) is 6.61 Å². The fourth-order valence-electron chi connectivity index (χ4n) is 0.512. The summed E-state index contributed by atoms with van der Waals surface area (Å²) in [4.78, 5) is 10.2. The zero-order chi connectivity index (χ0) is 9.56. The second-order valence-electron chi connectivity index (χ2n) is 2.24. The molecule has 0 saturated carbocycles. The fourth-order valence-corrected chi connectivity index (χ4v) is 0.512. The first-order valence-corrected chi connectivity index (χ1v) is 3.45. The van der Waals surface area contributed by atoms with Gasteiger partial charge in [0.15, 0.2) is 0 Å². The molecule has 5 nitrogen and oxygen atoms in total. The molecule has 0 bridgehead atoms. The van der Waals surface area contributed by atoms with Gasteiger partial charge in [-0.3, -0.25) is 0 Å². The molecule has 0 aromatic rings. The smallest absolute Gasteiger partial charge is 0.332 e. The predicted octanol–water partition coefficient (Wildman–Crippen LogP) is -0.0308. The highest BCUT2D eigenvalue weighted by Gasteiger charge is 1.94. The summed E-state index contributed by atoms with van der Waals surface area (Å²) in [6, 6.07) is -0.703. The van der Waals surface area contributed by atoms with E-state index < -0.39 is 6.03 Å². The van der Waals surface area contributed by atoms with Gasteiger partial charge in [0.2, 0.25) is 0 Å². The van der Waals surface area contributed by atoms with Crippen molar-refractivity contribution in [1.82, 2.24) is 5.43 Å². The number of urea groups is 1. The van der Waals surface area contributed by atoms with Crippen LogP contribution < -0.4 is 11.2 Å². The van der Waals surface area contributed by atoms with E-state index in [4.69, 9.17) is 10.8 Å². The number of aliphatic hydroxyl groups excluding tert-OH is 1. The number of hydrazone groups is 1. The maximum absolute atomic E-state index is 10.2. The van der Waals surface area contributed by atoms with Gasteiger partial charge in [-0.25, -0.2) is 10.2 Å². The van der Waals surface area contributed by atoms with Gasteiger partial charge in [0.05, 0.1) is 12.3 Å². The number of aliphatic hydroxyl groups is 1. The Morgan fingerprint density at radius 1 is 1.67 bits per heavy atom. The lowest BCUT2D eigenvalue weighted by atomic mass is 10.2. The predicted molar refractivity (Wildman–Crippen MR) is 46.7 cm³/mol. The van der Waals surface area contributed by atoms with Crippen LogP contribution in [0.1, 0.15) is 13.8 Å². The van der Waals surface area contributed by atoms with Crippen LogP contribution in [0.25, 0.3) is 0 Å². The number of rotatable bonds is 3. The van der Waals surface area contributed by atoms with Crippen molar-refractivity contribution >= 4 is 11.7 Å². The van der Waals surface area contributed by atoms with Crippen LogP contribution in [0.15, 0.2) is 16.8 Å². The standard InChI is InChI=1S/C7H13N3O2/c1-5(3-4-11)6(2)9-10-7(8)12/h3,11H,4H2,1-2H3,(H3,8,10,12)/b5-3+,9-6+. The molecule has 68 valence electrons. The molecule has 5 heteroatoms. The van der Waals surface area contributed by atoms with Crippen LogP contribution in [0, 0.1) is 0 Å². The van der Waals surface area contributed by atoms with Crippen LogP contribution in [-0.2, 0) is 0 Å². The largest absolute Gasteiger partial charge is 0.392 e. The SMILES string of the molecule is CC(=C\CO)/C(C)=N/NC(N)=O. The normalized spacial score (nSPS) is 12.9. The van der Waals surface area contributed by atoms with E-state index in [1.807, 2.05) is 0 Å². The van der Waals surface area contributed by atoms with E-state index in [-0.39, 0.29) is 6.61 Å². The Balaban J connectivity index is 4.17. The molecule has 0 heterocycles. The third-order valence-corrected chi connectivity index (χ3v) is 1.30. The number of nitrogens with two attached hydrogens (primary N) is 1. The van der Waals surface area contributed by atoms with Gasteiger partial charge in [0, 0.05) is 0 Å². The Hall–Kier alpha value is -1.36. The lowest BCUT2D eigenvalue weighted by Crippen LogP contribution is -2.25. The maximum atomic E-state index is 10.2. The Bertz CT molecular complexity index is 221. The number of carbonyl (C=O) groups is 1. The van der Waals surface area contributed by atoms with Crippen molar-refractivity contribution < 1.29 is 9.90 Å². The quantitative estimate of drug-likeness (QED) is 0.411. The highest BCUT2D eigenvalue weighted by Crippen LogP contribution is 1.94. The lowest BCUT2D eigenvalue weighted by molar-refractivity contribution is 0.249. The van der Waals surface area contributed by atoms with E-state index in [1.54, 1.807) is 19.9 Å². The van der Waals surface area contributed by atoms with Gasteiger partial charge in [-0.2, -0.15) is 5.10 Å². The minimum Gasteiger partial charge on any atom is -0.392 e. The molecule has 0 unspecified atom stereocenters. The van der Waals surface area contributed by atoms with Crippen LogP contribution in [0.2, 0.25) is 0 Å². The molecule has 0 rings (SSSR count). The average Bonchev–Trinajstić information content (AvgIpc) is 2.00. The van der Waals surface area contributed by atoms with Gasteiger partial charge < -0.3 is 10.8 Å².